The van der Waals surface area contributed by atoms with Crippen molar-refractivity contribution in [2.24, 2.45) is 0 Å². The van der Waals surface area contributed by atoms with Crippen molar-refractivity contribution in [1.29, 1.82) is 0 Å². The molecule has 1 atom stereocenters. The van der Waals surface area contributed by atoms with E-state index in [0.717, 1.165) is 4.90 Å². The van der Waals surface area contributed by atoms with Gasteiger partial charge < -0.3 is 19.6 Å². The Kier molecular flexibility index (Phi) is 6.71. The predicted molar refractivity (Wildman–Crippen MR) is 114 cm³/mol. The van der Waals surface area contributed by atoms with E-state index in [0.29, 0.717) is 29.4 Å². The van der Waals surface area contributed by atoms with Crippen LogP contribution < -0.4 is 14.7 Å². The van der Waals surface area contributed by atoms with E-state index in [1.807, 2.05) is 14.1 Å². The van der Waals surface area contributed by atoms with Crippen LogP contribution in [0.25, 0.3) is 5.76 Å². The lowest BCUT2D eigenvalue weighted by Crippen LogP contribution is -3.06. The minimum Gasteiger partial charge on any atom is -0.872 e. The number of likely N-dealkylation sites (tertiary alicyclic amines) is 1. The maximum atomic E-state index is 13.3. The van der Waals surface area contributed by atoms with Crippen LogP contribution in [0.5, 0.6) is 5.75 Å². The van der Waals surface area contributed by atoms with Crippen molar-refractivity contribution >= 4 is 40.7 Å². The number of nitrogens with one attached hydrogen (secondary N) is 1. The number of rotatable bonds is 6. The molecule has 8 heteroatoms. The highest BCUT2D eigenvalue weighted by Gasteiger charge is 2.44. The van der Waals surface area contributed by atoms with Crippen LogP contribution in [0.1, 0.15) is 17.2 Å². The fourth-order valence-electron chi connectivity index (χ4n) is 3.40. The molecule has 0 aliphatic carbocycles. The van der Waals surface area contributed by atoms with Crippen molar-refractivity contribution in [3.8, 4) is 5.75 Å². The number of amides is 1. The van der Waals surface area contributed by atoms with Crippen molar-refractivity contribution in [1.82, 2.24) is 4.90 Å². The van der Waals surface area contributed by atoms with Gasteiger partial charge in [-0.2, -0.15) is 0 Å². The Bertz CT molecular complexity index is 1000. The first-order valence-corrected chi connectivity index (χ1v) is 10.1. The van der Waals surface area contributed by atoms with Gasteiger partial charge in [0.2, 0.25) is 5.78 Å². The number of likely N-dealkylation sites (N-methyl/N-ethyl adjacent to an activating group) is 1. The van der Waals surface area contributed by atoms with Crippen LogP contribution in [0.15, 0.2) is 48.0 Å². The zero-order chi connectivity index (χ0) is 22.0. The number of halogens is 2. The molecule has 1 aliphatic heterocycles. The van der Waals surface area contributed by atoms with Gasteiger partial charge in [-0.1, -0.05) is 47.2 Å². The van der Waals surface area contributed by atoms with Gasteiger partial charge >= 0.3 is 0 Å². The summed E-state index contributed by atoms with van der Waals surface area (Å²) in [6, 6.07) is 10.5. The summed E-state index contributed by atoms with van der Waals surface area (Å²) < 4.78 is 5.12. The van der Waals surface area contributed by atoms with E-state index in [4.69, 9.17) is 27.9 Å². The Morgan fingerprint density at radius 3 is 2.37 bits per heavy atom. The van der Waals surface area contributed by atoms with Crippen LogP contribution in [0, 0.1) is 0 Å². The topological polar surface area (TPSA) is 74.1 Å². The van der Waals surface area contributed by atoms with E-state index in [9.17, 15) is 14.7 Å². The number of hydrogen-bond acceptors (Lipinski definition) is 4. The van der Waals surface area contributed by atoms with Gasteiger partial charge in [0.25, 0.3) is 5.91 Å². The number of carbonyl (C=O) groups is 2. The van der Waals surface area contributed by atoms with Crippen molar-refractivity contribution in [3.05, 3.63) is 69.2 Å². The summed E-state index contributed by atoms with van der Waals surface area (Å²) in [5.74, 6) is -1.59. The number of hydrogen-bond donors (Lipinski definition) is 1. The molecule has 6 nitrogen and oxygen atoms in total. The average molecular weight is 449 g/mol. The predicted octanol–water partition coefficient (Wildman–Crippen LogP) is 1.37. The SMILES string of the molecule is COc1ccc(/C([O-])=C2\C(=O)C(=O)N(CC[NH+](C)C)C2c2ccc(Cl)cc2)cc1Cl. The molecule has 158 valence electrons. The molecule has 30 heavy (non-hydrogen) atoms. The third-order valence-electron chi connectivity index (χ3n) is 4.98. The lowest BCUT2D eigenvalue weighted by molar-refractivity contribution is -0.857. The molecule has 2 aromatic carbocycles. The highest BCUT2D eigenvalue weighted by atomic mass is 35.5. The number of methoxy groups -OCH3 is 1. The molecule has 0 spiro atoms. The minimum absolute atomic E-state index is 0.0858. The molecule has 1 N–H and O–H groups in total. The normalized spacial score (nSPS) is 18.3. The second-order valence-electron chi connectivity index (χ2n) is 7.33. The lowest BCUT2D eigenvalue weighted by Gasteiger charge is -2.27. The summed E-state index contributed by atoms with van der Waals surface area (Å²) >= 11 is 12.2. The molecule has 0 bridgehead atoms. The fourth-order valence-corrected chi connectivity index (χ4v) is 3.78. The van der Waals surface area contributed by atoms with Gasteiger partial charge in [0.15, 0.2) is 0 Å². The Hall–Kier alpha value is -2.54. The Labute approximate surface area is 185 Å². The molecule has 1 fully saturated rings. The Morgan fingerprint density at radius 1 is 1.13 bits per heavy atom. The van der Waals surface area contributed by atoms with Gasteiger partial charge in [0.05, 0.1) is 45.4 Å². The van der Waals surface area contributed by atoms with Crippen LogP contribution in [0.2, 0.25) is 10.0 Å². The van der Waals surface area contributed by atoms with Crippen LogP contribution in [0.3, 0.4) is 0 Å². The second kappa shape index (κ2) is 9.08. The molecule has 1 heterocycles. The maximum Gasteiger partial charge on any atom is 0.295 e. The summed E-state index contributed by atoms with van der Waals surface area (Å²) in [7, 11) is 5.38. The number of Topliss-reactive ketones (excluding diaryl/α,β-unsaturated/α-hetero) is 1. The zero-order valence-electron chi connectivity index (χ0n) is 16.9. The van der Waals surface area contributed by atoms with Crippen LogP contribution >= 0.6 is 23.2 Å². The quantitative estimate of drug-likeness (QED) is 0.411. The fraction of sp³-hybridized carbons (Fsp3) is 0.273. The first-order chi connectivity index (χ1) is 14.2. The summed E-state index contributed by atoms with van der Waals surface area (Å²) in [6.07, 6.45) is 0. The first-order valence-electron chi connectivity index (χ1n) is 9.39. The van der Waals surface area contributed by atoms with Crippen molar-refractivity contribution < 1.29 is 24.3 Å². The number of benzene rings is 2. The maximum absolute atomic E-state index is 13.3. The van der Waals surface area contributed by atoms with E-state index in [1.165, 1.54) is 24.1 Å². The standard InChI is InChI=1S/C22H22Cl2N2O4/c1-25(2)10-11-26-19(13-4-7-15(23)8-5-13)18(21(28)22(26)29)20(27)14-6-9-17(30-3)16(24)12-14/h4-9,12,19,27H,10-11H2,1-3H3/b20-18+. The molecule has 1 aliphatic rings. The third kappa shape index (κ3) is 4.31. The zero-order valence-corrected chi connectivity index (χ0v) is 18.4. The first kappa shape index (κ1) is 22.2. The van der Waals surface area contributed by atoms with Crippen LogP contribution in [0.4, 0.5) is 0 Å². The largest absolute Gasteiger partial charge is 0.872 e. The lowest BCUT2D eigenvalue weighted by atomic mass is 9.95. The van der Waals surface area contributed by atoms with E-state index in [-0.39, 0.29) is 16.2 Å². The Balaban J connectivity index is 2.14. The molecule has 3 rings (SSSR count). The molecule has 0 saturated carbocycles. The van der Waals surface area contributed by atoms with E-state index in [2.05, 4.69) is 0 Å². The average Bonchev–Trinajstić information content (AvgIpc) is 2.96. The van der Waals surface area contributed by atoms with Crippen molar-refractivity contribution in [2.75, 3.05) is 34.3 Å². The summed E-state index contributed by atoms with van der Waals surface area (Å²) in [4.78, 5) is 28.3. The second-order valence-corrected chi connectivity index (χ2v) is 8.17. The highest BCUT2D eigenvalue weighted by molar-refractivity contribution is 6.46. The molecule has 1 amide bonds. The van der Waals surface area contributed by atoms with E-state index < -0.39 is 23.5 Å². The molecular weight excluding hydrogens is 427 g/mol. The van der Waals surface area contributed by atoms with Crippen molar-refractivity contribution in [2.45, 2.75) is 6.04 Å². The summed E-state index contributed by atoms with van der Waals surface area (Å²) in [6.45, 7) is 0.958. The number of ether oxygens (including phenoxy) is 1. The molecule has 1 saturated heterocycles. The Morgan fingerprint density at radius 2 is 1.80 bits per heavy atom. The van der Waals surface area contributed by atoms with Crippen LogP contribution in [-0.4, -0.2) is 50.9 Å². The van der Waals surface area contributed by atoms with Gasteiger partial charge in [-0.15, -0.1) is 0 Å². The number of ketones is 1. The molecular formula is C22H22Cl2N2O4. The van der Waals surface area contributed by atoms with Gasteiger partial charge in [0.1, 0.15) is 5.75 Å². The molecule has 2 aromatic rings. The summed E-state index contributed by atoms with van der Waals surface area (Å²) in [5.41, 5.74) is 0.781. The minimum atomic E-state index is -0.791. The van der Waals surface area contributed by atoms with Gasteiger partial charge in [-0.25, -0.2) is 0 Å². The number of quaternary nitrogens is 1. The van der Waals surface area contributed by atoms with Crippen molar-refractivity contribution in [3.63, 3.8) is 0 Å². The van der Waals surface area contributed by atoms with Gasteiger partial charge in [-0.05, 0) is 35.4 Å². The smallest absolute Gasteiger partial charge is 0.295 e. The third-order valence-corrected chi connectivity index (χ3v) is 5.53. The number of nitrogens with zero attached hydrogens (tertiary/aromatic N) is 1. The molecule has 0 radical (unpaired) electrons. The molecule has 1 unspecified atom stereocenters. The molecule has 0 aromatic heterocycles. The highest BCUT2D eigenvalue weighted by Crippen LogP contribution is 2.39. The van der Waals surface area contributed by atoms with E-state index in [1.54, 1.807) is 30.3 Å². The van der Waals surface area contributed by atoms with Crippen LogP contribution in [-0.2, 0) is 9.59 Å². The van der Waals surface area contributed by atoms with Gasteiger partial charge in [0, 0.05) is 10.6 Å². The summed E-state index contributed by atoms with van der Waals surface area (Å²) in [5, 5.41) is 14.1. The van der Waals surface area contributed by atoms with E-state index >= 15 is 0 Å². The number of carbonyl (C=O) groups excluding carboxylic acids is 2. The monoisotopic (exact) mass is 448 g/mol. The van der Waals surface area contributed by atoms with Gasteiger partial charge in [-0.3, -0.25) is 9.59 Å².